The van der Waals surface area contributed by atoms with Crippen LogP contribution in [0.5, 0.6) is 0 Å². The van der Waals surface area contributed by atoms with Crippen molar-refractivity contribution in [1.29, 1.82) is 0 Å². The lowest BCUT2D eigenvalue weighted by Crippen LogP contribution is -2.38. The summed E-state index contributed by atoms with van der Waals surface area (Å²) in [5, 5.41) is 10.6. The fourth-order valence-corrected chi connectivity index (χ4v) is 0.738. The molecule has 0 aliphatic rings. The van der Waals surface area contributed by atoms with E-state index in [1.165, 1.54) is 0 Å². The Morgan fingerprint density at radius 2 is 2.08 bits per heavy atom. The molecule has 0 unspecified atom stereocenters. The lowest BCUT2D eigenvalue weighted by atomic mass is 10.2. The highest BCUT2D eigenvalue weighted by Gasteiger charge is 2.31. The molecule has 0 aliphatic heterocycles. The van der Waals surface area contributed by atoms with E-state index in [4.69, 9.17) is 5.11 Å². The van der Waals surface area contributed by atoms with Gasteiger partial charge in [-0.25, -0.2) is 0 Å². The zero-order chi connectivity index (χ0) is 10.5. The highest BCUT2D eigenvalue weighted by Crippen LogP contribution is 2.18. The first-order valence-electron chi connectivity index (χ1n) is 3.86. The zero-order valence-electron chi connectivity index (χ0n) is 7.19. The van der Waals surface area contributed by atoms with Gasteiger partial charge in [0.1, 0.15) is 6.42 Å². The predicted molar refractivity (Wildman–Crippen MR) is 40.0 cm³/mol. The molecule has 0 saturated carbocycles. The monoisotopic (exact) mass is 199 g/mol. The van der Waals surface area contributed by atoms with Gasteiger partial charge < -0.3 is 10.4 Å². The molecule has 0 fully saturated rings. The second-order valence-corrected chi connectivity index (χ2v) is 2.65. The second kappa shape index (κ2) is 5.06. The molecule has 0 aliphatic carbocycles. The van der Waals surface area contributed by atoms with Crippen LogP contribution in [0.1, 0.15) is 19.8 Å². The van der Waals surface area contributed by atoms with E-state index in [2.05, 4.69) is 5.32 Å². The quantitative estimate of drug-likeness (QED) is 0.704. The number of hydrogen-bond donors (Lipinski definition) is 2. The van der Waals surface area contributed by atoms with Crippen molar-refractivity contribution < 1.29 is 23.1 Å². The van der Waals surface area contributed by atoms with Crippen LogP contribution in [-0.2, 0) is 4.79 Å². The van der Waals surface area contributed by atoms with Gasteiger partial charge in [-0.1, -0.05) is 6.92 Å². The van der Waals surface area contributed by atoms with Gasteiger partial charge in [0, 0.05) is 0 Å². The molecule has 0 aromatic carbocycles. The predicted octanol–water partition coefficient (Wildman–Crippen LogP) is 0.826. The van der Waals surface area contributed by atoms with Crippen molar-refractivity contribution in [3.05, 3.63) is 0 Å². The van der Waals surface area contributed by atoms with Gasteiger partial charge in [-0.15, -0.1) is 0 Å². The van der Waals surface area contributed by atoms with Crippen LogP contribution in [0.2, 0.25) is 0 Å². The van der Waals surface area contributed by atoms with E-state index < -0.39 is 24.5 Å². The Kier molecular flexibility index (Phi) is 4.76. The molecule has 0 rings (SSSR count). The Morgan fingerprint density at radius 1 is 1.54 bits per heavy atom. The topological polar surface area (TPSA) is 49.3 Å². The van der Waals surface area contributed by atoms with E-state index >= 15 is 0 Å². The normalized spacial score (nSPS) is 13.9. The average Bonchev–Trinajstić information content (AvgIpc) is 1.96. The van der Waals surface area contributed by atoms with Crippen LogP contribution in [-0.4, -0.2) is 29.8 Å². The number of rotatable bonds is 4. The smallest absolute Gasteiger partial charge is 0.394 e. The first kappa shape index (κ1) is 12.2. The van der Waals surface area contributed by atoms with Gasteiger partial charge in [-0.2, -0.15) is 13.2 Å². The van der Waals surface area contributed by atoms with Gasteiger partial charge in [-0.05, 0) is 6.42 Å². The second-order valence-electron chi connectivity index (χ2n) is 2.65. The number of alkyl halides is 3. The summed E-state index contributed by atoms with van der Waals surface area (Å²) in [7, 11) is 0. The van der Waals surface area contributed by atoms with E-state index in [1.54, 1.807) is 6.92 Å². The molecule has 78 valence electrons. The number of hydrogen-bond acceptors (Lipinski definition) is 2. The number of nitrogens with one attached hydrogen (secondary N) is 1. The number of carbonyl (C=O) groups is 1. The van der Waals surface area contributed by atoms with Crippen LogP contribution in [0, 0.1) is 0 Å². The van der Waals surface area contributed by atoms with E-state index in [9.17, 15) is 18.0 Å². The van der Waals surface area contributed by atoms with Gasteiger partial charge in [0.15, 0.2) is 0 Å². The van der Waals surface area contributed by atoms with E-state index in [0.29, 0.717) is 6.42 Å². The number of aliphatic hydroxyl groups is 1. The first-order chi connectivity index (χ1) is 5.89. The molecule has 13 heavy (non-hydrogen) atoms. The highest BCUT2D eigenvalue weighted by atomic mass is 19.4. The van der Waals surface area contributed by atoms with Crippen molar-refractivity contribution in [2.75, 3.05) is 6.61 Å². The minimum Gasteiger partial charge on any atom is -0.394 e. The maximum absolute atomic E-state index is 11.6. The molecule has 0 spiro atoms. The lowest BCUT2D eigenvalue weighted by Gasteiger charge is -2.14. The van der Waals surface area contributed by atoms with Crippen molar-refractivity contribution in [1.82, 2.24) is 5.32 Å². The standard InChI is InChI=1S/C7H12F3NO2/c1-2-5(4-12)11-6(13)3-7(8,9)10/h5,12H,2-4H2,1H3,(H,11,13)/t5-/m0/s1. The summed E-state index contributed by atoms with van der Waals surface area (Å²) < 4.78 is 34.9. The largest absolute Gasteiger partial charge is 0.397 e. The summed E-state index contributed by atoms with van der Waals surface area (Å²) >= 11 is 0. The highest BCUT2D eigenvalue weighted by molar-refractivity contribution is 5.76. The van der Waals surface area contributed by atoms with Crippen LogP contribution < -0.4 is 5.32 Å². The van der Waals surface area contributed by atoms with Crippen molar-refractivity contribution in [2.45, 2.75) is 32.0 Å². The minimum absolute atomic E-state index is 0.347. The molecule has 0 heterocycles. The first-order valence-corrected chi connectivity index (χ1v) is 3.86. The fourth-order valence-electron chi connectivity index (χ4n) is 0.738. The molecule has 1 amide bonds. The molecule has 3 nitrogen and oxygen atoms in total. The molecule has 0 radical (unpaired) electrons. The van der Waals surface area contributed by atoms with Gasteiger partial charge in [0.2, 0.25) is 5.91 Å². The summed E-state index contributed by atoms with van der Waals surface area (Å²) in [6, 6.07) is -0.588. The molecular weight excluding hydrogens is 187 g/mol. The van der Waals surface area contributed by atoms with Crippen LogP contribution in [0.4, 0.5) is 13.2 Å². The van der Waals surface area contributed by atoms with Crippen LogP contribution in [0.15, 0.2) is 0 Å². The van der Waals surface area contributed by atoms with E-state index in [0.717, 1.165) is 0 Å². The summed E-state index contributed by atoms with van der Waals surface area (Å²) in [5.74, 6) is -1.10. The number of carbonyl (C=O) groups excluding carboxylic acids is 1. The average molecular weight is 199 g/mol. The van der Waals surface area contributed by atoms with Crippen LogP contribution in [0.3, 0.4) is 0 Å². The molecule has 0 bridgehead atoms. The van der Waals surface area contributed by atoms with Crippen molar-refractivity contribution in [3.8, 4) is 0 Å². The van der Waals surface area contributed by atoms with Crippen LogP contribution in [0.25, 0.3) is 0 Å². The Balaban J connectivity index is 3.86. The molecule has 0 aromatic rings. The summed E-state index contributed by atoms with van der Waals surface area (Å²) in [4.78, 5) is 10.6. The third-order valence-corrected chi connectivity index (χ3v) is 1.44. The third-order valence-electron chi connectivity index (χ3n) is 1.44. The molecule has 1 atom stereocenters. The fraction of sp³-hybridized carbons (Fsp3) is 0.857. The number of halogens is 3. The summed E-state index contributed by atoms with van der Waals surface area (Å²) in [5.41, 5.74) is 0. The Labute approximate surface area is 73.9 Å². The summed E-state index contributed by atoms with van der Waals surface area (Å²) in [6.07, 6.45) is -5.58. The maximum Gasteiger partial charge on any atom is 0.397 e. The van der Waals surface area contributed by atoms with Crippen molar-refractivity contribution >= 4 is 5.91 Å². The number of amides is 1. The molecule has 0 saturated heterocycles. The van der Waals surface area contributed by atoms with Gasteiger partial charge in [-0.3, -0.25) is 4.79 Å². The molecule has 6 heteroatoms. The Morgan fingerprint density at radius 3 is 2.38 bits per heavy atom. The van der Waals surface area contributed by atoms with Crippen molar-refractivity contribution in [2.24, 2.45) is 0 Å². The van der Waals surface area contributed by atoms with E-state index in [1.807, 2.05) is 0 Å². The van der Waals surface area contributed by atoms with Crippen molar-refractivity contribution in [3.63, 3.8) is 0 Å². The Hall–Kier alpha value is -0.780. The lowest BCUT2D eigenvalue weighted by molar-refractivity contribution is -0.154. The van der Waals surface area contributed by atoms with E-state index in [-0.39, 0.29) is 6.61 Å². The summed E-state index contributed by atoms with van der Waals surface area (Å²) in [6.45, 7) is 1.31. The SMILES string of the molecule is CC[C@@H](CO)NC(=O)CC(F)(F)F. The molecule has 0 aromatic heterocycles. The van der Waals surface area contributed by atoms with Gasteiger partial charge in [0.25, 0.3) is 0 Å². The number of aliphatic hydroxyl groups excluding tert-OH is 1. The van der Waals surface area contributed by atoms with Gasteiger partial charge in [0.05, 0.1) is 12.6 Å². The molecule has 2 N–H and O–H groups in total. The minimum atomic E-state index is -4.49. The maximum atomic E-state index is 11.6. The Bertz CT molecular complexity index is 166. The van der Waals surface area contributed by atoms with Crippen LogP contribution >= 0.6 is 0 Å². The third kappa shape index (κ3) is 6.39. The molecular formula is C7H12F3NO2. The zero-order valence-corrected chi connectivity index (χ0v) is 7.19. The van der Waals surface area contributed by atoms with Gasteiger partial charge >= 0.3 is 6.18 Å².